The molecular weight excluding hydrogens is 226 g/mol. The van der Waals surface area contributed by atoms with Gasteiger partial charge in [0, 0.05) is 19.2 Å². The monoisotopic (exact) mass is 245 g/mol. The molecule has 2 aliphatic rings. The number of fused-ring (bicyclic) bond motifs is 1. The lowest BCUT2D eigenvalue weighted by Gasteiger charge is -2.27. The van der Waals surface area contributed by atoms with E-state index < -0.39 is 0 Å². The summed E-state index contributed by atoms with van der Waals surface area (Å²) in [4.78, 5) is 13.8. The van der Waals surface area contributed by atoms with Gasteiger partial charge in [0.15, 0.2) is 0 Å². The van der Waals surface area contributed by atoms with Crippen molar-refractivity contribution in [3.05, 3.63) is 34.9 Å². The number of nitrogens with zero attached hydrogens (tertiary/aromatic N) is 1. The summed E-state index contributed by atoms with van der Waals surface area (Å²) in [5, 5.41) is 9.59. The first kappa shape index (κ1) is 11.7. The molecule has 18 heavy (non-hydrogen) atoms. The summed E-state index contributed by atoms with van der Waals surface area (Å²) in [6.45, 7) is 0.739. The number of carbonyl (C=O) groups is 1. The number of aliphatic hydroxyl groups is 1. The maximum Gasteiger partial charge on any atom is 0.254 e. The van der Waals surface area contributed by atoms with Crippen molar-refractivity contribution < 1.29 is 9.90 Å². The van der Waals surface area contributed by atoms with Gasteiger partial charge >= 0.3 is 0 Å². The first-order valence-corrected chi connectivity index (χ1v) is 6.72. The van der Waals surface area contributed by atoms with Crippen LogP contribution in [0.2, 0.25) is 0 Å². The molecule has 1 fully saturated rings. The van der Waals surface area contributed by atoms with Gasteiger partial charge in [-0.25, -0.2) is 0 Å². The van der Waals surface area contributed by atoms with Crippen LogP contribution in [0.4, 0.5) is 0 Å². The molecule has 1 N–H and O–H groups in total. The molecule has 1 heterocycles. The second kappa shape index (κ2) is 4.39. The van der Waals surface area contributed by atoms with Crippen LogP contribution in [0, 0.1) is 0 Å². The highest BCUT2D eigenvalue weighted by Crippen LogP contribution is 2.37. The fourth-order valence-corrected chi connectivity index (χ4v) is 3.27. The standard InChI is InChI=1S/C15H19NO2/c1-16-9-14-12(3-2-4-13(14)15(16)18)10-5-7-11(17)8-6-10/h2-4,10-11,17H,5-9H2,1H3. The molecule has 0 radical (unpaired) electrons. The molecule has 0 spiro atoms. The van der Waals surface area contributed by atoms with Gasteiger partial charge in [-0.1, -0.05) is 12.1 Å². The lowest BCUT2D eigenvalue weighted by Crippen LogP contribution is -2.18. The van der Waals surface area contributed by atoms with Crippen LogP contribution in [0.25, 0.3) is 0 Å². The summed E-state index contributed by atoms with van der Waals surface area (Å²) < 4.78 is 0. The molecule has 0 bridgehead atoms. The Hall–Kier alpha value is -1.35. The minimum Gasteiger partial charge on any atom is -0.393 e. The average molecular weight is 245 g/mol. The van der Waals surface area contributed by atoms with E-state index in [2.05, 4.69) is 6.07 Å². The third kappa shape index (κ3) is 1.83. The SMILES string of the molecule is CN1Cc2c(cccc2C2CCC(O)CC2)C1=O. The number of aliphatic hydroxyl groups excluding tert-OH is 1. The summed E-state index contributed by atoms with van der Waals surface area (Å²) in [5.74, 6) is 0.658. The lowest BCUT2D eigenvalue weighted by molar-refractivity contribution is 0.0816. The van der Waals surface area contributed by atoms with Crippen molar-refractivity contribution in [2.75, 3.05) is 7.05 Å². The highest BCUT2D eigenvalue weighted by molar-refractivity contribution is 5.98. The highest BCUT2D eigenvalue weighted by Gasteiger charge is 2.30. The Labute approximate surface area is 107 Å². The Balaban J connectivity index is 1.93. The molecule has 0 unspecified atom stereocenters. The third-order valence-corrected chi connectivity index (χ3v) is 4.32. The summed E-state index contributed by atoms with van der Waals surface area (Å²) in [7, 11) is 1.86. The predicted molar refractivity (Wildman–Crippen MR) is 69.5 cm³/mol. The van der Waals surface area contributed by atoms with Gasteiger partial charge in [-0.2, -0.15) is 0 Å². The van der Waals surface area contributed by atoms with E-state index in [0.29, 0.717) is 5.92 Å². The molecule has 1 aromatic carbocycles. The Bertz CT molecular complexity index is 475. The van der Waals surface area contributed by atoms with E-state index in [0.717, 1.165) is 37.8 Å². The second-order valence-electron chi connectivity index (χ2n) is 5.54. The maximum absolute atomic E-state index is 12.0. The molecule has 3 heteroatoms. The normalized spacial score (nSPS) is 27.4. The number of carbonyl (C=O) groups excluding carboxylic acids is 1. The van der Waals surface area contributed by atoms with E-state index in [4.69, 9.17) is 0 Å². The van der Waals surface area contributed by atoms with Crippen LogP contribution < -0.4 is 0 Å². The van der Waals surface area contributed by atoms with Crippen LogP contribution in [0.1, 0.15) is 53.1 Å². The number of benzene rings is 1. The molecule has 0 saturated heterocycles. The van der Waals surface area contributed by atoms with Gasteiger partial charge in [0.05, 0.1) is 6.10 Å². The Kier molecular flexibility index (Phi) is 2.86. The van der Waals surface area contributed by atoms with Crippen molar-refractivity contribution in [1.29, 1.82) is 0 Å². The summed E-state index contributed by atoms with van der Waals surface area (Å²) in [6.07, 6.45) is 3.73. The fourth-order valence-electron chi connectivity index (χ4n) is 3.27. The molecule has 0 atom stereocenters. The predicted octanol–water partition coefficient (Wildman–Crippen LogP) is 2.29. The summed E-state index contributed by atoms with van der Waals surface area (Å²) in [5.41, 5.74) is 3.42. The fraction of sp³-hybridized carbons (Fsp3) is 0.533. The molecule has 1 aliphatic carbocycles. The molecule has 1 aliphatic heterocycles. The van der Waals surface area contributed by atoms with Crippen LogP contribution in [0.5, 0.6) is 0 Å². The van der Waals surface area contributed by atoms with Gasteiger partial charge in [-0.05, 0) is 48.8 Å². The van der Waals surface area contributed by atoms with Crippen LogP contribution in [0.15, 0.2) is 18.2 Å². The van der Waals surface area contributed by atoms with E-state index >= 15 is 0 Å². The van der Waals surface area contributed by atoms with Crippen molar-refractivity contribution in [2.24, 2.45) is 0 Å². The molecule has 1 aromatic rings. The van der Waals surface area contributed by atoms with Crippen molar-refractivity contribution in [1.82, 2.24) is 4.90 Å². The van der Waals surface area contributed by atoms with Crippen molar-refractivity contribution in [2.45, 2.75) is 44.2 Å². The Morgan fingerprint density at radius 3 is 2.67 bits per heavy atom. The number of hydrogen-bond acceptors (Lipinski definition) is 2. The van der Waals surface area contributed by atoms with Crippen molar-refractivity contribution >= 4 is 5.91 Å². The Morgan fingerprint density at radius 1 is 1.22 bits per heavy atom. The summed E-state index contributed by atoms with van der Waals surface area (Å²) in [6, 6.07) is 6.09. The zero-order valence-corrected chi connectivity index (χ0v) is 10.7. The summed E-state index contributed by atoms with van der Waals surface area (Å²) >= 11 is 0. The first-order chi connectivity index (χ1) is 8.66. The van der Waals surface area contributed by atoms with Gasteiger partial charge in [0.25, 0.3) is 5.91 Å². The van der Waals surface area contributed by atoms with Crippen LogP contribution in [-0.2, 0) is 6.54 Å². The van der Waals surface area contributed by atoms with E-state index in [9.17, 15) is 9.90 Å². The van der Waals surface area contributed by atoms with Crippen molar-refractivity contribution in [3.63, 3.8) is 0 Å². The van der Waals surface area contributed by atoms with Gasteiger partial charge in [0.2, 0.25) is 0 Å². The lowest BCUT2D eigenvalue weighted by atomic mass is 9.80. The van der Waals surface area contributed by atoms with Gasteiger partial charge < -0.3 is 10.0 Å². The molecule has 96 valence electrons. The van der Waals surface area contributed by atoms with E-state index in [1.165, 1.54) is 11.1 Å². The minimum absolute atomic E-state index is 0.123. The van der Waals surface area contributed by atoms with Crippen LogP contribution in [-0.4, -0.2) is 29.1 Å². The maximum atomic E-state index is 12.0. The second-order valence-corrected chi connectivity index (χ2v) is 5.54. The number of hydrogen-bond donors (Lipinski definition) is 1. The molecule has 1 saturated carbocycles. The van der Waals surface area contributed by atoms with Crippen molar-refractivity contribution in [3.8, 4) is 0 Å². The number of rotatable bonds is 1. The smallest absolute Gasteiger partial charge is 0.254 e. The van der Waals surface area contributed by atoms with Crippen LogP contribution >= 0.6 is 0 Å². The quantitative estimate of drug-likeness (QED) is 0.824. The average Bonchev–Trinajstić information content (AvgIpc) is 2.67. The third-order valence-electron chi connectivity index (χ3n) is 4.32. The van der Waals surface area contributed by atoms with Crippen LogP contribution in [0.3, 0.4) is 0 Å². The van der Waals surface area contributed by atoms with E-state index in [-0.39, 0.29) is 12.0 Å². The van der Waals surface area contributed by atoms with Gasteiger partial charge in [-0.3, -0.25) is 4.79 Å². The zero-order valence-electron chi connectivity index (χ0n) is 10.7. The molecule has 0 aromatic heterocycles. The zero-order chi connectivity index (χ0) is 12.7. The topological polar surface area (TPSA) is 40.5 Å². The van der Waals surface area contributed by atoms with Gasteiger partial charge in [-0.15, -0.1) is 0 Å². The highest BCUT2D eigenvalue weighted by atomic mass is 16.3. The first-order valence-electron chi connectivity index (χ1n) is 6.72. The molecular formula is C15H19NO2. The van der Waals surface area contributed by atoms with E-state index in [1.807, 2.05) is 19.2 Å². The number of amides is 1. The molecule has 1 amide bonds. The Morgan fingerprint density at radius 2 is 1.94 bits per heavy atom. The molecule has 3 nitrogen and oxygen atoms in total. The minimum atomic E-state index is -0.123. The molecule has 3 rings (SSSR count). The van der Waals surface area contributed by atoms with E-state index in [1.54, 1.807) is 4.90 Å². The largest absolute Gasteiger partial charge is 0.393 e. The van der Waals surface area contributed by atoms with Gasteiger partial charge in [0.1, 0.15) is 0 Å².